The second kappa shape index (κ2) is 9.69. The van der Waals surface area contributed by atoms with Crippen LogP contribution in [0.15, 0.2) is 36.5 Å². The van der Waals surface area contributed by atoms with Crippen LogP contribution in [0.1, 0.15) is 42.4 Å². The molecule has 5 heterocycles. The van der Waals surface area contributed by atoms with Crippen LogP contribution in [0, 0.1) is 17.1 Å². The van der Waals surface area contributed by atoms with Gasteiger partial charge < -0.3 is 19.1 Å². The summed E-state index contributed by atoms with van der Waals surface area (Å²) in [4.78, 5) is 34.0. The highest BCUT2D eigenvalue weighted by Crippen LogP contribution is 2.35. The number of ether oxygens (including phenoxy) is 3. The van der Waals surface area contributed by atoms with Crippen LogP contribution in [-0.4, -0.2) is 75.8 Å². The molecule has 0 bridgehead atoms. The van der Waals surface area contributed by atoms with Gasteiger partial charge in [0.2, 0.25) is 0 Å². The lowest BCUT2D eigenvalue weighted by molar-refractivity contribution is -0.116. The van der Waals surface area contributed by atoms with Crippen molar-refractivity contribution < 1.29 is 28.2 Å². The molecule has 0 radical (unpaired) electrons. The predicted molar refractivity (Wildman–Crippen MR) is 139 cm³/mol. The zero-order chi connectivity index (χ0) is 28.2. The topological polar surface area (TPSA) is 123 Å². The van der Waals surface area contributed by atoms with Crippen molar-refractivity contribution in [1.29, 1.82) is 5.26 Å². The molecule has 2 atom stereocenters. The van der Waals surface area contributed by atoms with Gasteiger partial charge in [-0.15, -0.1) is 0 Å². The molecule has 2 aromatic heterocycles. The normalized spacial score (nSPS) is 20.3. The van der Waals surface area contributed by atoms with Crippen LogP contribution < -0.4 is 4.90 Å². The largest absolute Gasteiger partial charge is 0.443 e. The van der Waals surface area contributed by atoms with E-state index in [-0.39, 0.29) is 46.8 Å². The van der Waals surface area contributed by atoms with E-state index in [1.54, 1.807) is 33.0 Å². The lowest BCUT2D eigenvalue weighted by Crippen LogP contribution is -2.37. The van der Waals surface area contributed by atoms with Crippen molar-refractivity contribution in [3.63, 3.8) is 0 Å². The molecule has 3 aliphatic heterocycles. The molecule has 0 spiro atoms. The number of imide groups is 1. The number of halogens is 1. The summed E-state index contributed by atoms with van der Waals surface area (Å²) in [5, 5.41) is 14.4. The third-order valence-electron chi connectivity index (χ3n) is 6.95. The fourth-order valence-corrected chi connectivity index (χ4v) is 5.21. The molecule has 2 amide bonds. The number of carbonyl (C=O) groups excluding carboxylic acids is 2. The van der Waals surface area contributed by atoms with Gasteiger partial charge in [0.05, 0.1) is 59.6 Å². The van der Waals surface area contributed by atoms with E-state index in [0.717, 1.165) is 4.90 Å². The van der Waals surface area contributed by atoms with Gasteiger partial charge in [-0.05, 0) is 39.0 Å². The Hall–Kier alpha value is -4.34. The number of rotatable bonds is 3. The molecule has 0 aliphatic carbocycles. The van der Waals surface area contributed by atoms with E-state index in [4.69, 9.17) is 19.3 Å². The van der Waals surface area contributed by atoms with Crippen molar-refractivity contribution in [2.24, 2.45) is 0 Å². The molecule has 0 unspecified atom stereocenters. The summed E-state index contributed by atoms with van der Waals surface area (Å²) in [5.41, 5.74) is 0.129. The molecule has 1 aromatic carbocycles. The Morgan fingerprint density at radius 3 is 2.55 bits per heavy atom. The fourth-order valence-electron chi connectivity index (χ4n) is 5.21. The first-order valence-electron chi connectivity index (χ1n) is 12.9. The number of fused-ring (bicyclic) bond motifs is 2. The minimum atomic E-state index is -0.820. The van der Waals surface area contributed by atoms with Gasteiger partial charge in [-0.1, -0.05) is 6.07 Å². The molecule has 11 nitrogen and oxygen atoms in total. The van der Waals surface area contributed by atoms with Crippen LogP contribution >= 0.6 is 0 Å². The first-order chi connectivity index (χ1) is 19.1. The van der Waals surface area contributed by atoms with Gasteiger partial charge in [-0.3, -0.25) is 4.79 Å². The van der Waals surface area contributed by atoms with E-state index < -0.39 is 23.4 Å². The highest BCUT2D eigenvalue weighted by Gasteiger charge is 2.40. The van der Waals surface area contributed by atoms with Crippen LogP contribution in [0.4, 0.5) is 15.0 Å². The molecule has 12 heteroatoms. The number of pyridine rings is 1. The van der Waals surface area contributed by atoms with Crippen molar-refractivity contribution in [2.45, 2.75) is 45.1 Å². The number of hydrogen-bond donors (Lipinski definition) is 0. The second-order valence-electron chi connectivity index (χ2n) is 10.8. The van der Waals surface area contributed by atoms with Crippen molar-refractivity contribution in [2.75, 3.05) is 31.2 Å². The molecular formula is C28H27FN6O5. The van der Waals surface area contributed by atoms with Crippen molar-refractivity contribution in [3.8, 4) is 23.0 Å². The number of nitrogens with zero attached hydrogens (tertiary/aromatic N) is 6. The molecule has 3 aromatic rings. The highest BCUT2D eigenvalue weighted by atomic mass is 19.1. The lowest BCUT2D eigenvalue weighted by Gasteiger charge is -2.24. The molecular weight excluding hydrogens is 519 g/mol. The van der Waals surface area contributed by atoms with Gasteiger partial charge in [0, 0.05) is 25.4 Å². The maximum Gasteiger partial charge on any atom is 0.417 e. The number of benzene rings is 1. The second-order valence-corrected chi connectivity index (χ2v) is 10.8. The molecule has 2 fully saturated rings. The van der Waals surface area contributed by atoms with Gasteiger partial charge in [-0.25, -0.2) is 23.8 Å². The molecule has 0 saturated carbocycles. The molecule has 3 aliphatic rings. The summed E-state index contributed by atoms with van der Waals surface area (Å²) in [5.74, 6) is -0.586. The van der Waals surface area contributed by atoms with Gasteiger partial charge in [-0.2, -0.15) is 10.4 Å². The van der Waals surface area contributed by atoms with Crippen molar-refractivity contribution in [3.05, 3.63) is 59.2 Å². The van der Waals surface area contributed by atoms with Gasteiger partial charge >= 0.3 is 6.09 Å². The standard InChI is InChI=1S/C28H27FN6O5/c1-28(2,3)40-27(37)34-13-19-25(26(34)36)20(11-18(31-19)24-16(12-30)5-4-6-17(24)29)35-8-7-23(32-35)33-14-21-22(15-33)39-10-9-38-21/h4-8,11,21-22H,9-10,13-15H2,1-3H3/t21-,22+. The maximum absolute atomic E-state index is 15.0. The molecule has 6 rings (SSSR count). The summed E-state index contributed by atoms with van der Waals surface area (Å²) in [6.45, 7) is 7.26. The third kappa shape index (κ3) is 4.57. The Bertz CT molecular complexity index is 1540. The Labute approximate surface area is 229 Å². The van der Waals surface area contributed by atoms with E-state index in [1.165, 1.54) is 28.9 Å². The number of carbonyl (C=O) groups is 2. The zero-order valence-electron chi connectivity index (χ0n) is 22.3. The molecule has 2 saturated heterocycles. The first kappa shape index (κ1) is 25.9. The van der Waals surface area contributed by atoms with Crippen molar-refractivity contribution >= 4 is 17.8 Å². The number of nitriles is 1. The van der Waals surface area contributed by atoms with Crippen LogP contribution in [0.2, 0.25) is 0 Å². The van der Waals surface area contributed by atoms with Gasteiger partial charge in [0.25, 0.3) is 5.91 Å². The summed E-state index contributed by atoms with van der Waals surface area (Å²) < 4.78 is 33.6. The van der Waals surface area contributed by atoms with Crippen molar-refractivity contribution in [1.82, 2.24) is 19.7 Å². The zero-order valence-corrected chi connectivity index (χ0v) is 22.3. The SMILES string of the molecule is CC(C)(C)OC(=O)N1Cc2nc(-c3c(F)cccc3C#N)cc(-n3ccc(N4C[C@@H]5OCCO[C@@H]5C4)n3)c2C1=O. The van der Waals surface area contributed by atoms with Crippen LogP contribution in [-0.2, 0) is 20.8 Å². The predicted octanol–water partition coefficient (Wildman–Crippen LogP) is 3.44. The van der Waals surface area contributed by atoms with E-state index in [1.807, 2.05) is 11.0 Å². The van der Waals surface area contributed by atoms with Crippen LogP contribution in [0.25, 0.3) is 16.9 Å². The summed E-state index contributed by atoms with van der Waals surface area (Å²) in [6, 6.07) is 9.51. The third-order valence-corrected chi connectivity index (χ3v) is 6.95. The number of anilines is 1. The Balaban J connectivity index is 1.43. The average molecular weight is 547 g/mol. The summed E-state index contributed by atoms with van der Waals surface area (Å²) in [7, 11) is 0. The van der Waals surface area contributed by atoms with Crippen LogP contribution in [0.5, 0.6) is 0 Å². The van der Waals surface area contributed by atoms with Gasteiger partial charge in [0.1, 0.15) is 23.6 Å². The van der Waals surface area contributed by atoms with E-state index in [0.29, 0.717) is 37.8 Å². The maximum atomic E-state index is 15.0. The van der Waals surface area contributed by atoms with E-state index in [2.05, 4.69) is 4.98 Å². The Morgan fingerprint density at radius 2 is 1.88 bits per heavy atom. The summed E-state index contributed by atoms with van der Waals surface area (Å²) in [6.07, 6.45) is 0.775. The minimum Gasteiger partial charge on any atom is -0.443 e. The van der Waals surface area contributed by atoms with E-state index in [9.17, 15) is 14.9 Å². The number of aromatic nitrogens is 3. The number of amides is 2. The Kier molecular flexibility index (Phi) is 6.28. The summed E-state index contributed by atoms with van der Waals surface area (Å²) >= 11 is 0. The molecule has 206 valence electrons. The number of hydrogen-bond acceptors (Lipinski definition) is 9. The van der Waals surface area contributed by atoms with Crippen LogP contribution in [0.3, 0.4) is 0 Å². The first-order valence-corrected chi connectivity index (χ1v) is 12.9. The Morgan fingerprint density at radius 1 is 1.15 bits per heavy atom. The average Bonchev–Trinajstić information content (AvgIpc) is 3.64. The highest BCUT2D eigenvalue weighted by molar-refractivity contribution is 6.08. The fraction of sp³-hybridized carbons (Fsp3) is 0.393. The quantitative estimate of drug-likeness (QED) is 0.486. The minimum absolute atomic E-state index is 0.00233. The van der Waals surface area contributed by atoms with E-state index >= 15 is 4.39 Å². The lowest BCUT2D eigenvalue weighted by atomic mass is 10.0. The molecule has 40 heavy (non-hydrogen) atoms. The monoisotopic (exact) mass is 546 g/mol. The van der Waals surface area contributed by atoms with Gasteiger partial charge in [0.15, 0.2) is 5.82 Å². The smallest absolute Gasteiger partial charge is 0.417 e. The molecule has 0 N–H and O–H groups in total.